The molecule has 1 heterocycles. The van der Waals surface area contributed by atoms with Crippen molar-refractivity contribution < 1.29 is 19.1 Å². The van der Waals surface area contributed by atoms with Crippen molar-refractivity contribution in [3.8, 4) is 0 Å². The molecule has 2 N–H and O–H groups in total. The van der Waals surface area contributed by atoms with Crippen molar-refractivity contribution in [2.75, 3.05) is 19.8 Å². The number of nitrogens with one attached hydrogen (secondary N) is 1. The van der Waals surface area contributed by atoms with Crippen LogP contribution in [-0.2, 0) is 4.74 Å². The summed E-state index contributed by atoms with van der Waals surface area (Å²) in [6.07, 6.45) is -0.725. The number of amides is 1. The summed E-state index contributed by atoms with van der Waals surface area (Å²) in [7, 11) is 0. The summed E-state index contributed by atoms with van der Waals surface area (Å²) in [6, 6.07) is 9.11. The van der Waals surface area contributed by atoms with Crippen LogP contribution in [0.15, 0.2) is 34.7 Å². The molecule has 0 bridgehead atoms. The van der Waals surface area contributed by atoms with Crippen molar-refractivity contribution in [3.63, 3.8) is 0 Å². The normalized spacial score (nSPS) is 12.8. The molecule has 1 aromatic heterocycles. The van der Waals surface area contributed by atoms with Gasteiger partial charge in [-0.1, -0.05) is 32.0 Å². The molecule has 0 saturated carbocycles. The van der Waals surface area contributed by atoms with Gasteiger partial charge in [0.05, 0.1) is 12.7 Å². The van der Waals surface area contributed by atoms with E-state index in [-0.39, 0.29) is 24.8 Å². The van der Waals surface area contributed by atoms with Gasteiger partial charge in [-0.25, -0.2) is 0 Å². The zero-order valence-electron chi connectivity index (χ0n) is 12.3. The fraction of sp³-hybridized carbons (Fsp3) is 0.438. The van der Waals surface area contributed by atoms with Crippen LogP contribution in [-0.4, -0.2) is 36.9 Å². The zero-order chi connectivity index (χ0) is 15.2. The Balaban J connectivity index is 1.81. The summed E-state index contributed by atoms with van der Waals surface area (Å²) in [4.78, 5) is 11.9. The van der Waals surface area contributed by atoms with Crippen LogP contribution in [0.3, 0.4) is 0 Å². The van der Waals surface area contributed by atoms with Crippen molar-refractivity contribution in [3.05, 3.63) is 36.1 Å². The third kappa shape index (κ3) is 4.58. The smallest absolute Gasteiger partial charge is 0.287 e. The van der Waals surface area contributed by atoms with E-state index in [0.717, 1.165) is 5.39 Å². The lowest BCUT2D eigenvalue weighted by Gasteiger charge is -2.12. The zero-order valence-corrected chi connectivity index (χ0v) is 12.3. The predicted molar refractivity (Wildman–Crippen MR) is 80.2 cm³/mol. The number of fused-ring (bicyclic) bond motifs is 1. The van der Waals surface area contributed by atoms with Gasteiger partial charge < -0.3 is 19.6 Å². The average Bonchev–Trinajstić information content (AvgIpc) is 2.88. The molecule has 0 aliphatic carbocycles. The summed E-state index contributed by atoms with van der Waals surface area (Å²) >= 11 is 0. The van der Waals surface area contributed by atoms with Crippen molar-refractivity contribution in [1.29, 1.82) is 0 Å². The first-order chi connectivity index (χ1) is 10.1. The number of rotatable bonds is 7. The fourth-order valence-corrected chi connectivity index (χ4v) is 1.89. The Kier molecular flexibility index (Phi) is 5.36. The highest BCUT2D eigenvalue weighted by Crippen LogP contribution is 2.18. The molecule has 0 fully saturated rings. The molecule has 0 spiro atoms. The number of benzene rings is 1. The Morgan fingerprint density at radius 1 is 1.33 bits per heavy atom. The standard InChI is InChI=1S/C16H21NO4/c1-11(2)9-20-10-13(18)8-17-16(19)15-7-12-5-3-4-6-14(12)21-15/h3-7,11,13,18H,8-10H2,1-2H3,(H,17,19). The summed E-state index contributed by atoms with van der Waals surface area (Å²) < 4.78 is 10.8. The van der Waals surface area contributed by atoms with E-state index in [1.165, 1.54) is 0 Å². The lowest BCUT2D eigenvalue weighted by atomic mass is 10.2. The number of hydrogen-bond acceptors (Lipinski definition) is 4. The summed E-state index contributed by atoms with van der Waals surface area (Å²) in [5.74, 6) is 0.322. The Labute approximate surface area is 123 Å². The second kappa shape index (κ2) is 7.24. The van der Waals surface area contributed by atoms with Gasteiger partial charge in [0.2, 0.25) is 0 Å². The van der Waals surface area contributed by atoms with Crippen LogP contribution >= 0.6 is 0 Å². The molecule has 1 aromatic carbocycles. The Hall–Kier alpha value is -1.85. The van der Waals surface area contributed by atoms with Gasteiger partial charge >= 0.3 is 0 Å². The van der Waals surface area contributed by atoms with Crippen LogP contribution in [0.5, 0.6) is 0 Å². The Morgan fingerprint density at radius 3 is 2.81 bits per heavy atom. The maximum atomic E-state index is 11.9. The van der Waals surface area contributed by atoms with Crippen molar-refractivity contribution in [2.45, 2.75) is 20.0 Å². The molecule has 1 unspecified atom stereocenters. The minimum Gasteiger partial charge on any atom is -0.451 e. The third-order valence-electron chi connectivity index (χ3n) is 2.91. The fourth-order valence-electron chi connectivity index (χ4n) is 1.89. The van der Waals surface area contributed by atoms with Crippen molar-refractivity contribution in [2.24, 2.45) is 5.92 Å². The lowest BCUT2D eigenvalue weighted by Crippen LogP contribution is -2.34. The molecule has 0 radical (unpaired) electrons. The van der Waals surface area contributed by atoms with Crippen molar-refractivity contribution >= 4 is 16.9 Å². The van der Waals surface area contributed by atoms with Crippen LogP contribution in [0.4, 0.5) is 0 Å². The van der Waals surface area contributed by atoms with Crippen molar-refractivity contribution in [1.82, 2.24) is 5.32 Å². The number of carbonyl (C=O) groups is 1. The van der Waals surface area contributed by atoms with Gasteiger partial charge in [0.1, 0.15) is 5.58 Å². The number of furan rings is 1. The summed E-state index contributed by atoms with van der Waals surface area (Å²) in [6.45, 7) is 5.01. The first-order valence-corrected chi connectivity index (χ1v) is 7.09. The molecule has 5 nitrogen and oxygen atoms in total. The highest BCUT2D eigenvalue weighted by Gasteiger charge is 2.13. The molecular weight excluding hydrogens is 270 g/mol. The van der Waals surface area contributed by atoms with Gasteiger partial charge in [0, 0.05) is 18.5 Å². The Bertz CT molecular complexity index is 558. The van der Waals surface area contributed by atoms with E-state index in [0.29, 0.717) is 18.1 Å². The van der Waals surface area contributed by atoms with Gasteiger partial charge in [-0.2, -0.15) is 0 Å². The summed E-state index contributed by atoms with van der Waals surface area (Å²) in [5, 5.41) is 13.2. The highest BCUT2D eigenvalue weighted by atomic mass is 16.5. The largest absolute Gasteiger partial charge is 0.451 e. The predicted octanol–water partition coefficient (Wildman–Crippen LogP) is 2.20. The molecule has 1 atom stereocenters. The molecule has 0 aliphatic heterocycles. The third-order valence-corrected chi connectivity index (χ3v) is 2.91. The molecule has 21 heavy (non-hydrogen) atoms. The number of ether oxygens (including phenoxy) is 1. The molecule has 1 amide bonds. The number of aliphatic hydroxyl groups is 1. The van der Waals surface area contributed by atoms with E-state index in [4.69, 9.17) is 9.15 Å². The maximum Gasteiger partial charge on any atom is 0.287 e. The van der Waals surface area contributed by atoms with E-state index in [1.807, 2.05) is 32.0 Å². The SMILES string of the molecule is CC(C)COCC(O)CNC(=O)c1cc2ccccc2o1. The van der Waals surface area contributed by atoms with Crippen LogP contribution in [0.1, 0.15) is 24.4 Å². The second-order valence-corrected chi connectivity index (χ2v) is 5.44. The lowest BCUT2D eigenvalue weighted by molar-refractivity contribution is 0.0257. The Morgan fingerprint density at radius 2 is 2.10 bits per heavy atom. The highest BCUT2D eigenvalue weighted by molar-refractivity contribution is 5.96. The molecular formula is C16H21NO4. The molecule has 5 heteroatoms. The number of carbonyl (C=O) groups excluding carboxylic acids is 1. The molecule has 2 aromatic rings. The minimum atomic E-state index is -0.725. The number of para-hydroxylation sites is 1. The van der Waals surface area contributed by atoms with Gasteiger partial charge in [0.25, 0.3) is 5.91 Å². The first kappa shape index (κ1) is 15.5. The molecule has 114 valence electrons. The van der Waals surface area contributed by atoms with E-state index in [9.17, 15) is 9.90 Å². The van der Waals surface area contributed by atoms with Crippen LogP contribution < -0.4 is 5.32 Å². The number of aliphatic hydroxyl groups excluding tert-OH is 1. The van der Waals surface area contributed by atoms with Gasteiger partial charge in [0.15, 0.2) is 5.76 Å². The quantitative estimate of drug-likeness (QED) is 0.820. The second-order valence-electron chi connectivity index (χ2n) is 5.44. The van der Waals surface area contributed by atoms with E-state index < -0.39 is 6.10 Å². The molecule has 2 rings (SSSR count). The van der Waals surface area contributed by atoms with E-state index in [2.05, 4.69) is 5.32 Å². The topological polar surface area (TPSA) is 71.7 Å². The maximum absolute atomic E-state index is 11.9. The van der Waals surface area contributed by atoms with E-state index in [1.54, 1.807) is 12.1 Å². The molecule has 0 saturated heterocycles. The first-order valence-electron chi connectivity index (χ1n) is 7.09. The van der Waals surface area contributed by atoms with Gasteiger partial charge in [-0.3, -0.25) is 4.79 Å². The van der Waals surface area contributed by atoms with Gasteiger partial charge in [-0.05, 0) is 18.1 Å². The monoisotopic (exact) mass is 291 g/mol. The summed E-state index contributed by atoms with van der Waals surface area (Å²) in [5.41, 5.74) is 0.670. The van der Waals surface area contributed by atoms with Gasteiger partial charge in [-0.15, -0.1) is 0 Å². The van der Waals surface area contributed by atoms with Crippen LogP contribution in [0.2, 0.25) is 0 Å². The van der Waals surface area contributed by atoms with Crippen LogP contribution in [0.25, 0.3) is 11.0 Å². The average molecular weight is 291 g/mol. The molecule has 0 aliphatic rings. The van der Waals surface area contributed by atoms with Crippen LogP contribution in [0, 0.1) is 5.92 Å². The minimum absolute atomic E-state index is 0.133. The van der Waals surface area contributed by atoms with E-state index >= 15 is 0 Å². The number of hydrogen-bond donors (Lipinski definition) is 2.